The first-order chi connectivity index (χ1) is 10.9. The van der Waals surface area contributed by atoms with Crippen LogP contribution in [0.25, 0.3) is 0 Å². The summed E-state index contributed by atoms with van der Waals surface area (Å²) >= 11 is 0. The van der Waals surface area contributed by atoms with Crippen LogP contribution in [0.2, 0.25) is 0 Å². The van der Waals surface area contributed by atoms with E-state index in [0.717, 1.165) is 49.7 Å². The number of carbonyl (C=O) groups excluding carboxylic acids is 1. The van der Waals surface area contributed by atoms with E-state index in [1.165, 1.54) is 0 Å². The van der Waals surface area contributed by atoms with Gasteiger partial charge in [-0.05, 0) is 34.1 Å². The number of aryl methyl sites for hydroxylation is 1. The molecule has 2 rings (SSSR count). The standard InChI is InChI=1S/C16H29N5O2/c1-11(2)21-13(4)15(12(3)19-21)18-16(22)17-14-6-7-20(10-14)8-9-23-5/h11,14H,6-10H2,1-5H3,(H2,17,18,22). The van der Waals surface area contributed by atoms with Crippen LogP contribution in [0.4, 0.5) is 10.5 Å². The molecule has 2 N–H and O–H groups in total. The van der Waals surface area contributed by atoms with Crippen LogP contribution >= 0.6 is 0 Å². The zero-order valence-corrected chi connectivity index (χ0v) is 14.8. The average molecular weight is 323 g/mol. The third-order valence-electron chi connectivity index (χ3n) is 4.27. The number of hydrogen-bond donors (Lipinski definition) is 2. The monoisotopic (exact) mass is 323 g/mol. The summed E-state index contributed by atoms with van der Waals surface area (Å²) in [5, 5.41) is 10.5. The van der Waals surface area contributed by atoms with Crippen molar-refractivity contribution in [2.75, 3.05) is 38.7 Å². The Morgan fingerprint density at radius 3 is 2.78 bits per heavy atom. The fourth-order valence-corrected chi connectivity index (χ4v) is 3.06. The van der Waals surface area contributed by atoms with Crippen molar-refractivity contribution in [2.24, 2.45) is 0 Å². The molecule has 130 valence electrons. The second-order valence-electron chi connectivity index (χ2n) is 6.46. The van der Waals surface area contributed by atoms with Gasteiger partial charge in [-0.3, -0.25) is 9.58 Å². The molecule has 1 aromatic rings. The van der Waals surface area contributed by atoms with Gasteiger partial charge in [0.2, 0.25) is 0 Å². The van der Waals surface area contributed by atoms with Crippen molar-refractivity contribution in [3.05, 3.63) is 11.4 Å². The van der Waals surface area contributed by atoms with Gasteiger partial charge in [0.15, 0.2) is 0 Å². The molecule has 0 aromatic carbocycles. The summed E-state index contributed by atoms with van der Waals surface area (Å²) in [6.07, 6.45) is 0.973. The summed E-state index contributed by atoms with van der Waals surface area (Å²) in [5.41, 5.74) is 2.64. The van der Waals surface area contributed by atoms with Crippen molar-refractivity contribution >= 4 is 11.7 Å². The molecular weight excluding hydrogens is 294 g/mol. The fourth-order valence-electron chi connectivity index (χ4n) is 3.06. The molecule has 0 saturated carbocycles. The molecule has 7 nitrogen and oxygen atoms in total. The first-order valence-corrected chi connectivity index (χ1v) is 8.27. The summed E-state index contributed by atoms with van der Waals surface area (Å²) in [5.74, 6) is 0. The summed E-state index contributed by atoms with van der Waals surface area (Å²) in [6, 6.07) is 0.308. The predicted molar refractivity (Wildman–Crippen MR) is 91.0 cm³/mol. The fraction of sp³-hybridized carbons (Fsp3) is 0.750. The van der Waals surface area contributed by atoms with Gasteiger partial charge in [0.1, 0.15) is 0 Å². The highest BCUT2D eigenvalue weighted by Crippen LogP contribution is 2.22. The third-order valence-corrected chi connectivity index (χ3v) is 4.27. The minimum atomic E-state index is -0.155. The van der Waals surface area contributed by atoms with E-state index in [1.54, 1.807) is 7.11 Å². The molecule has 1 unspecified atom stereocenters. The number of hydrogen-bond acceptors (Lipinski definition) is 4. The molecule has 2 amide bonds. The number of aromatic nitrogens is 2. The molecule has 0 bridgehead atoms. The number of likely N-dealkylation sites (tertiary alicyclic amines) is 1. The molecule has 1 saturated heterocycles. The SMILES string of the molecule is COCCN1CCC(NC(=O)Nc2c(C)nn(C(C)C)c2C)C1. The van der Waals surface area contributed by atoms with Crippen molar-refractivity contribution in [1.82, 2.24) is 20.0 Å². The van der Waals surface area contributed by atoms with Gasteiger partial charge in [-0.2, -0.15) is 5.10 Å². The van der Waals surface area contributed by atoms with E-state index in [4.69, 9.17) is 4.74 Å². The van der Waals surface area contributed by atoms with E-state index in [9.17, 15) is 4.79 Å². The van der Waals surface area contributed by atoms with Gasteiger partial charge in [-0.25, -0.2) is 4.79 Å². The minimum Gasteiger partial charge on any atom is -0.383 e. The highest BCUT2D eigenvalue weighted by molar-refractivity contribution is 5.90. The molecule has 1 aliphatic heterocycles. The number of amides is 2. The highest BCUT2D eigenvalue weighted by atomic mass is 16.5. The van der Waals surface area contributed by atoms with Crippen molar-refractivity contribution in [3.8, 4) is 0 Å². The first-order valence-electron chi connectivity index (χ1n) is 8.27. The Kier molecular flexibility index (Phi) is 6.01. The largest absolute Gasteiger partial charge is 0.383 e. The van der Waals surface area contributed by atoms with Crippen molar-refractivity contribution in [2.45, 2.75) is 46.2 Å². The molecule has 1 atom stereocenters. The van der Waals surface area contributed by atoms with Gasteiger partial charge < -0.3 is 15.4 Å². The van der Waals surface area contributed by atoms with Crippen LogP contribution in [-0.4, -0.2) is 60.1 Å². The van der Waals surface area contributed by atoms with E-state index in [2.05, 4.69) is 34.5 Å². The molecule has 1 aliphatic rings. The van der Waals surface area contributed by atoms with Crippen molar-refractivity contribution in [1.29, 1.82) is 0 Å². The van der Waals surface area contributed by atoms with Crippen LogP contribution in [0, 0.1) is 13.8 Å². The summed E-state index contributed by atoms with van der Waals surface area (Å²) in [7, 11) is 1.71. The third kappa shape index (κ3) is 4.45. The number of urea groups is 1. The Labute approximate surface area is 138 Å². The van der Waals surface area contributed by atoms with Gasteiger partial charge in [0.25, 0.3) is 0 Å². The normalized spacial score (nSPS) is 18.6. The zero-order valence-electron chi connectivity index (χ0n) is 14.8. The van der Waals surface area contributed by atoms with E-state index >= 15 is 0 Å². The van der Waals surface area contributed by atoms with E-state index in [0.29, 0.717) is 0 Å². The maximum absolute atomic E-state index is 12.3. The quantitative estimate of drug-likeness (QED) is 0.839. The maximum atomic E-state index is 12.3. The number of ether oxygens (including phenoxy) is 1. The lowest BCUT2D eigenvalue weighted by Crippen LogP contribution is -2.40. The Morgan fingerprint density at radius 2 is 2.17 bits per heavy atom. The Balaban J connectivity index is 1.89. The zero-order chi connectivity index (χ0) is 17.0. The van der Waals surface area contributed by atoms with Crippen LogP contribution in [0.5, 0.6) is 0 Å². The number of carbonyl (C=O) groups is 1. The Hall–Kier alpha value is -1.60. The molecule has 7 heteroatoms. The Bertz CT molecular complexity index is 541. The van der Waals surface area contributed by atoms with E-state index < -0.39 is 0 Å². The molecule has 2 heterocycles. The molecule has 0 spiro atoms. The second-order valence-corrected chi connectivity index (χ2v) is 6.46. The summed E-state index contributed by atoms with van der Waals surface area (Å²) < 4.78 is 7.03. The second kappa shape index (κ2) is 7.79. The lowest BCUT2D eigenvalue weighted by molar-refractivity contribution is 0.160. The first kappa shape index (κ1) is 17.7. The molecule has 0 aliphatic carbocycles. The molecule has 0 radical (unpaired) electrons. The van der Waals surface area contributed by atoms with Crippen molar-refractivity contribution < 1.29 is 9.53 Å². The number of nitrogens with zero attached hydrogens (tertiary/aromatic N) is 3. The van der Waals surface area contributed by atoms with Crippen LogP contribution in [0.3, 0.4) is 0 Å². The molecule has 1 aromatic heterocycles. The summed E-state index contributed by atoms with van der Waals surface area (Å²) in [6.45, 7) is 11.6. The van der Waals surface area contributed by atoms with Gasteiger partial charge in [-0.15, -0.1) is 0 Å². The molecule has 1 fully saturated rings. The topological polar surface area (TPSA) is 71.4 Å². The van der Waals surface area contributed by atoms with Crippen LogP contribution in [0.1, 0.15) is 37.7 Å². The number of rotatable bonds is 6. The summed E-state index contributed by atoms with van der Waals surface area (Å²) in [4.78, 5) is 14.6. The van der Waals surface area contributed by atoms with Gasteiger partial charge in [-0.1, -0.05) is 0 Å². The number of methoxy groups -OCH3 is 1. The smallest absolute Gasteiger partial charge is 0.319 e. The Morgan fingerprint density at radius 1 is 1.43 bits per heavy atom. The molecular formula is C16H29N5O2. The van der Waals surface area contributed by atoms with Gasteiger partial charge in [0, 0.05) is 38.8 Å². The maximum Gasteiger partial charge on any atom is 0.319 e. The van der Waals surface area contributed by atoms with Crippen LogP contribution < -0.4 is 10.6 Å². The van der Waals surface area contributed by atoms with E-state index in [1.807, 2.05) is 18.5 Å². The minimum absolute atomic E-state index is 0.155. The average Bonchev–Trinajstić information content (AvgIpc) is 3.04. The van der Waals surface area contributed by atoms with Crippen LogP contribution in [0.15, 0.2) is 0 Å². The van der Waals surface area contributed by atoms with E-state index in [-0.39, 0.29) is 18.1 Å². The van der Waals surface area contributed by atoms with Crippen molar-refractivity contribution in [3.63, 3.8) is 0 Å². The van der Waals surface area contributed by atoms with Gasteiger partial charge in [0.05, 0.1) is 23.7 Å². The molecule has 23 heavy (non-hydrogen) atoms. The number of nitrogens with one attached hydrogen (secondary N) is 2. The van der Waals surface area contributed by atoms with Gasteiger partial charge >= 0.3 is 6.03 Å². The lowest BCUT2D eigenvalue weighted by atomic mass is 10.2. The number of anilines is 1. The lowest BCUT2D eigenvalue weighted by Gasteiger charge is -2.16. The highest BCUT2D eigenvalue weighted by Gasteiger charge is 2.24. The predicted octanol–water partition coefficient (Wildman–Crippen LogP) is 1.92. The van der Waals surface area contributed by atoms with Crippen LogP contribution in [-0.2, 0) is 4.74 Å².